The van der Waals surface area contributed by atoms with Gasteiger partial charge in [-0.1, -0.05) is 107 Å². The van der Waals surface area contributed by atoms with Crippen molar-refractivity contribution in [3.63, 3.8) is 0 Å². The van der Waals surface area contributed by atoms with Gasteiger partial charge in [-0.25, -0.2) is 9.59 Å². The number of aromatic hydroxyl groups is 1. The molecule has 6 heteroatoms. The topological polar surface area (TPSA) is 93.1 Å². The SMILES string of the molecule is CC(C)=CCC/C(C)=C/Cc1cc(C(=O)O)ccc1O.CC(C)=CCC/C(C)=C/Cc1cc(C(=O)OCc2ccccc2)ccc1OCc1ccccc1. The standard InChI is InChI=1S/C31H34O3.C17H22O3/c1-24(2)11-10-12-25(3)17-18-28-21-29(31(32)34-23-27-15-8-5-9-16-27)19-20-30(28)33-22-26-13-6-4-7-14-26;1-12(2)5-4-6-13(3)7-8-14-11-15(17(19)20)9-10-16(14)18/h4-9,11,13-17,19-21H,10,12,18,22-23H2,1-3H3;5,7,9-11,18H,4,6,8H2,1-3H3,(H,19,20)/b25-17+;13-7+. The van der Waals surface area contributed by atoms with Crippen LogP contribution >= 0.6 is 0 Å². The Bertz CT molecular complexity index is 1910. The van der Waals surface area contributed by atoms with Crippen LogP contribution in [0.2, 0.25) is 0 Å². The van der Waals surface area contributed by atoms with E-state index in [9.17, 15) is 14.7 Å². The van der Waals surface area contributed by atoms with E-state index in [0.717, 1.165) is 48.1 Å². The van der Waals surface area contributed by atoms with Crippen LogP contribution in [0.25, 0.3) is 0 Å². The number of rotatable bonds is 17. The van der Waals surface area contributed by atoms with E-state index in [0.29, 0.717) is 30.6 Å². The Morgan fingerprint density at radius 2 is 1.09 bits per heavy atom. The predicted octanol–water partition coefficient (Wildman–Crippen LogP) is 12.2. The van der Waals surface area contributed by atoms with Crippen LogP contribution in [0, 0.1) is 0 Å². The van der Waals surface area contributed by atoms with Crippen LogP contribution in [-0.2, 0) is 30.8 Å². The van der Waals surface area contributed by atoms with E-state index in [1.54, 1.807) is 6.07 Å². The van der Waals surface area contributed by atoms with Crippen LogP contribution in [0.5, 0.6) is 11.5 Å². The molecule has 0 atom stereocenters. The third-order valence-corrected chi connectivity index (χ3v) is 8.60. The number of carbonyl (C=O) groups excluding carboxylic acids is 1. The van der Waals surface area contributed by atoms with Gasteiger partial charge in [-0.2, -0.15) is 0 Å². The number of aromatic carboxylic acids is 1. The van der Waals surface area contributed by atoms with Gasteiger partial charge in [0.2, 0.25) is 0 Å². The number of carboxylic acids is 1. The van der Waals surface area contributed by atoms with E-state index >= 15 is 0 Å². The van der Waals surface area contributed by atoms with E-state index in [2.05, 4.69) is 59.8 Å². The maximum Gasteiger partial charge on any atom is 0.338 e. The fourth-order valence-electron chi connectivity index (χ4n) is 5.38. The molecule has 284 valence electrons. The highest BCUT2D eigenvalue weighted by Crippen LogP contribution is 2.25. The monoisotopic (exact) mass is 728 g/mol. The normalized spacial score (nSPS) is 11.1. The van der Waals surface area contributed by atoms with E-state index < -0.39 is 5.97 Å². The van der Waals surface area contributed by atoms with Gasteiger partial charge < -0.3 is 19.7 Å². The Morgan fingerprint density at radius 3 is 1.63 bits per heavy atom. The van der Waals surface area contributed by atoms with Gasteiger partial charge >= 0.3 is 11.9 Å². The van der Waals surface area contributed by atoms with Crippen molar-refractivity contribution in [3.8, 4) is 11.5 Å². The average Bonchev–Trinajstić information content (AvgIpc) is 3.15. The molecule has 0 radical (unpaired) electrons. The summed E-state index contributed by atoms with van der Waals surface area (Å²) in [5.74, 6) is -0.375. The summed E-state index contributed by atoms with van der Waals surface area (Å²) in [6.07, 6.45) is 14.0. The second-order valence-corrected chi connectivity index (χ2v) is 14.0. The van der Waals surface area contributed by atoms with Crippen LogP contribution in [0.1, 0.15) is 110 Å². The molecule has 0 aliphatic heterocycles. The van der Waals surface area contributed by atoms with Crippen LogP contribution in [0.3, 0.4) is 0 Å². The summed E-state index contributed by atoms with van der Waals surface area (Å²) >= 11 is 0. The minimum atomic E-state index is -0.976. The largest absolute Gasteiger partial charge is 0.508 e. The molecule has 2 N–H and O–H groups in total. The highest BCUT2D eigenvalue weighted by molar-refractivity contribution is 5.90. The molecule has 0 saturated carbocycles. The second-order valence-electron chi connectivity index (χ2n) is 14.0. The molecule has 0 saturated heterocycles. The minimum Gasteiger partial charge on any atom is -0.508 e. The number of esters is 1. The highest BCUT2D eigenvalue weighted by Gasteiger charge is 2.13. The first-order chi connectivity index (χ1) is 25.9. The lowest BCUT2D eigenvalue weighted by Gasteiger charge is -2.13. The van der Waals surface area contributed by atoms with Gasteiger partial charge in [-0.15, -0.1) is 0 Å². The number of carbonyl (C=O) groups is 2. The zero-order valence-electron chi connectivity index (χ0n) is 32.7. The molecular formula is C48H56O6. The fourth-order valence-corrected chi connectivity index (χ4v) is 5.38. The molecule has 0 fully saturated rings. The van der Waals surface area contributed by atoms with E-state index in [1.165, 1.54) is 40.5 Å². The number of phenols is 1. The fraction of sp³-hybridized carbons (Fsp3) is 0.292. The number of hydrogen-bond donors (Lipinski definition) is 2. The van der Waals surface area contributed by atoms with Gasteiger partial charge in [-0.3, -0.25) is 0 Å². The molecule has 6 nitrogen and oxygen atoms in total. The van der Waals surface area contributed by atoms with Crippen LogP contribution in [0.15, 0.2) is 144 Å². The molecule has 4 rings (SSSR count). The van der Waals surface area contributed by atoms with Crippen LogP contribution < -0.4 is 4.74 Å². The number of allylic oxidation sites excluding steroid dienone is 8. The van der Waals surface area contributed by atoms with Crippen molar-refractivity contribution in [2.24, 2.45) is 0 Å². The van der Waals surface area contributed by atoms with Crippen LogP contribution in [-0.4, -0.2) is 22.2 Å². The van der Waals surface area contributed by atoms with E-state index in [1.807, 2.05) is 78.9 Å². The van der Waals surface area contributed by atoms with Crippen molar-refractivity contribution < 1.29 is 29.3 Å². The number of benzene rings is 4. The summed E-state index contributed by atoms with van der Waals surface area (Å²) in [4.78, 5) is 23.6. The molecule has 0 spiro atoms. The number of carboxylic acid groups (broad SMARTS) is 1. The second kappa shape index (κ2) is 23.1. The van der Waals surface area contributed by atoms with Gasteiger partial charge in [0, 0.05) is 0 Å². The summed E-state index contributed by atoms with van der Waals surface area (Å²) in [5.41, 5.74) is 9.64. The first-order valence-corrected chi connectivity index (χ1v) is 18.5. The first-order valence-electron chi connectivity index (χ1n) is 18.5. The molecule has 54 heavy (non-hydrogen) atoms. The van der Waals surface area contributed by atoms with Crippen molar-refractivity contribution in [3.05, 3.63) is 177 Å². The molecule has 0 aliphatic rings. The molecule has 4 aromatic carbocycles. The lowest BCUT2D eigenvalue weighted by atomic mass is 10.0. The van der Waals surface area contributed by atoms with Crippen molar-refractivity contribution in [2.45, 2.75) is 93.3 Å². The first kappa shape index (κ1) is 42.8. The Balaban J connectivity index is 0.000000334. The molecule has 0 heterocycles. The predicted molar refractivity (Wildman–Crippen MR) is 220 cm³/mol. The zero-order chi connectivity index (χ0) is 39.3. The smallest absolute Gasteiger partial charge is 0.338 e. The summed E-state index contributed by atoms with van der Waals surface area (Å²) in [5, 5.41) is 18.7. The molecular weight excluding hydrogens is 673 g/mol. The molecule has 0 bridgehead atoms. The molecule has 0 aliphatic carbocycles. The van der Waals surface area contributed by atoms with Crippen molar-refractivity contribution in [1.29, 1.82) is 0 Å². The number of phenolic OH excluding ortho intramolecular Hbond substituents is 1. The van der Waals surface area contributed by atoms with Crippen molar-refractivity contribution in [2.75, 3.05) is 0 Å². The maximum absolute atomic E-state index is 12.7. The van der Waals surface area contributed by atoms with Gasteiger partial charge in [0.25, 0.3) is 0 Å². The maximum atomic E-state index is 12.7. The van der Waals surface area contributed by atoms with Crippen molar-refractivity contribution in [1.82, 2.24) is 0 Å². The summed E-state index contributed by atoms with van der Waals surface area (Å²) < 4.78 is 11.7. The summed E-state index contributed by atoms with van der Waals surface area (Å²) in [6.45, 7) is 13.3. The Morgan fingerprint density at radius 1 is 0.593 bits per heavy atom. The summed E-state index contributed by atoms with van der Waals surface area (Å²) in [7, 11) is 0. The lowest BCUT2D eigenvalue weighted by molar-refractivity contribution is 0.0472. The van der Waals surface area contributed by atoms with Crippen LogP contribution in [0.4, 0.5) is 0 Å². The Labute approximate surface area is 322 Å². The van der Waals surface area contributed by atoms with Gasteiger partial charge in [-0.05, 0) is 139 Å². The Kier molecular flexibility index (Phi) is 18.3. The Hall–Kier alpha value is -5.62. The third-order valence-electron chi connectivity index (χ3n) is 8.60. The zero-order valence-corrected chi connectivity index (χ0v) is 32.7. The third kappa shape index (κ3) is 16.4. The van der Waals surface area contributed by atoms with Crippen molar-refractivity contribution >= 4 is 11.9 Å². The average molecular weight is 729 g/mol. The number of hydrogen-bond acceptors (Lipinski definition) is 5. The molecule has 4 aromatic rings. The molecule has 0 unspecified atom stereocenters. The lowest BCUT2D eigenvalue weighted by Crippen LogP contribution is -2.07. The highest BCUT2D eigenvalue weighted by atomic mass is 16.5. The minimum absolute atomic E-state index is 0.142. The van der Waals surface area contributed by atoms with E-state index in [4.69, 9.17) is 14.6 Å². The molecule has 0 aromatic heterocycles. The summed E-state index contributed by atoms with van der Waals surface area (Å²) in [6, 6.07) is 29.7. The van der Waals surface area contributed by atoms with E-state index in [-0.39, 0.29) is 23.9 Å². The quantitative estimate of drug-likeness (QED) is 0.0830. The van der Waals surface area contributed by atoms with Gasteiger partial charge in [0.05, 0.1) is 11.1 Å². The molecule has 0 amide bonds. The number of ether oxygens (including phenoxy) is 2. The van der Waals surface area contributed by atoms with Gasteiger partial charge in [0.1, 0.15) is 24.7 Å². The van der Waals surface area contributed by atoms with Gasteiger partial charge in [0.15, 0.2) is 0 Å².